The van der Waals surface area contributed by atoms with E-state index >= 15 is 0 Å². The van der Waals surface area contributed by atoms with Gasteiger partial charge in [0.15, 0.2) is 0 Å². The van der Waals surface area contributed by atoms with Crippen LogP contribution in [0.25, 0.3) is 0 Å². The van der Waals surface area contributed by atoms with Gasteiger partial charge >= 0.3 is 0 Å². The third-order valence-electron chi connectivity index (χ3n) is 3.94. The fourth-order valence-electron chi connectivity index (χ4n) is 2.53. The fraction of sp³-hybridized carbons (Fsp3) is 0.944. The molecule has 0 bridgehead atoms. The number of hydrogen-bond acceptors (Lipinski definition) is 1. The van der Waals surface area contributed by atoms with Gasteiger partial charge in [-0.3, -0.25) is 4.79 Å². The van der Waals surface area contributed by atoms with E-state index in [1.807, 2.05) is 0 Å². The molecule has 0 spiro atoms. The van der Waals surface area contributed by atoms with Gasteiger partial charge in [0.1, 0.15) is 0 Å². The van der Waals surface area contributed by atoms with E-state index < -0.39 is 0 Å². The normalized spacial score (nSPS) is 10.8. The van der Waals surface area contributed by atoms with Crippen LogP contribution in [-0.2, 0) is 4.79 Å². The zero-order valence-corrected chi connectivity index (χ0v) is 15.9. The van der Waals surface area contributed by atoms with Crippen molar-refractivity contribution in [3.8, 4) is 0 Å². The lowest BCUT2D eigenvalue weighted by molar-refractivity contribution is -0.131. The minimum Gasteiger partial charge on any atom is -0.343 e. The lowest BCUT2D eigenvalue weighted by Crippen LogP contribution is -2.32. The van der Waals surface area contributed by atoms with Crippen molar-refractivity contribution in [2.45, 2.75) is 90.9 Å². The zero-order valence-electron chi connectivity index (χ0n) is 14.3. The Morgan fingerprint density at radius 2 is 1.29 bits per heavy atom. The van der Waals surface area contributed by atoms with Crippen molar-refractivity contribution in [2.75, 3.05) is 18.4 Å². The molecule has 0 N–H and O–H groups in total. The van der Waals surface area contributed by atoms with Gasteiger partial charge in [0, 0.05) is 24.8 Å². The molecule has 0 atom stereocenters. The van der Waals surface area contributed by atoms with Crippen molar-refractivity contribution in [2.24, 2.45) is 0 Å². The van der Waals surface area contributed by atoms with Crippen LogP contribution in [0, 0.1) is 0 Å². The highest BCUT2D eigenvalue weighted by molar-refractivity contribution is 9.09. The van der Waals surface area contributed by atoms with E-state index in [0.717, 1.165) is 37.7 Å². The van der Waals surface area contributed by atoms with Gasteiger partial charge in [-0.25, -0.2) is 0 Å². The number of carbonyl (C=O) groups is 1. The van der Waals surface area contributed by atoms with E-state index in [1.54, 1.807) is 0 Å². The van der Waals surface area contributed by atoms with Crippen molar-refractivity contribution in [3.05, 3.63) is 0 Å². The Kier molecular flexibility index (Phi) is 16.3. The molecular weight excluding hydrogens is 326 g/mol. The van der Waals surface area contributed by atoms with Gasteiger partial charge in [0.25, 0.3) is 0 Å². The summed E-state index contributed by atoms with van der Waals surface area (Å²) in [6, 6.07) is 0. The van der Waals surface area contributed by atoms with Crippen LogP contribution in [0.2, 0.25) is 0 Å². The summed E-state index contributed by atoms with van der Waals surface area (Å²) in [5.74, 6) is 0.387. The maximum Gasteiger partial charge on any atom is 0.222 e. The number of nitrogens with zero attached hydrogens (tertiary/aromatic N) is 1. The third kappa shape index (κ3) is 13.3. The predicted octanol–water partition coefficient (Wildman–Crippen LogP) is 5.93. The lowest BCUT2D eigenvalue weighted by Gasteiger charge is -2.23. The molecule has 0 aliphatic heterocycles. The summed E-state index contributed by atoms with van der Waals surface area (Å²) in [6.45, 7) is 6.42. The first-order valence-electron chi connectivity index (χ1n) is 9.10. The second-order valence-corrected chi connectivity index (χ2v) is 6.79. The van der Waals surface area contributed by atoms with E-state index in [2.05, 4.69) is 34.7 Å². The van der Waals surface area contributed by atoms with E-state index in [4.69, 9.17) is 0 Å². The lowest BCUT2D eigenvalue weighted by atomic mass is 10.1. The summed E-state index contributed by atoms with van der Waals surface area (Å²) in [4.78, 5) is 14.5. The Labute approximate surface area is 141 Å². The molecule has 0 unspecified atom stereocenters. The number of halogens is 1. The van der Waals surface area contributed by atoms with Crippen LogP contribution in [0.15, 0.2) is 0 Å². The summed E-state index contributed by atoms with van der Waals surface area (Å²) in [5, 5.41) is 1.05. The largest absolute Gasteiger partial charge is 0.343 e. The van der Waals surface area contributed by atoms with Gasteiger partial charge in [-0.1, -0.05) is 74.7 Å². The van der Waals surface area contributed by atoms with Crippen LogP contribution in [-0.4, -0.2) is 29.2 Å². The summed E-state index contributed by atoms with van der Waals surface area (Å²) in [6.07, 6.45) is 14.1. The number of amides is 1. The maximum absolute atomic E-state index is 12.3. The van der Waals surface area contributed by atoms with Crippen LogP contribution < -0.4 is 0 Å². The molecular formula is C18H36BrNO. The SMILES string of the molecule is CCCCCCN(CCCCCC)C(=O)CCCCCBr. The van der Waals surface area contributed by atoms with E-state index in [1.165, 1.54) is 57.8 Å². The quantitative estimate of drug-likeness (QED) is 0.261. The molecule has 0 aliphatic carbocycles. The van der Waals surface area contributed by atoms with E-state index in [0.29, 0.717) is 5.91 Å². The molecule has 0 heterocycles. The summed E-state index contributed by atoms with van der Waals surface area (Å²) < 4.78 is 0. The van der Waals surface area contributed by atoms with Gasteiger partial charge in [-0.05, 0) is 25.7 Å². The van der Waals surface area contributed by atoms with Gasteiger partial charge in [0.2, 0.25) is 5.91 Å². The van der Waals surface area contributed by atoms with Crippen molar-refractivity contribution in [1.82, 2.24) is 4.90 Å². The summed E-state index contributed by atoms with van der Waals surface area (Å²) >= 11 is 3.45. The van der Waals surface area contributed by atoms with Crippen LogP contribution >= 0.6 is 15.9 Å². The highest BCUT2D eigenvalue weighted by Crippen LogP contribution is 2.09. The van der Waals surface area contributed by atoms with Crippen molar-refractivity contribution in [3.63, 3.8) is 0 Å². The van der Waals surface area contributed by atoms with E-state index in [9.17, 15) is 4.79 Å². The Bertz CT molecular complexity index is 221. The van der Waals surface area contributed by atoms with Gasteiger partial charge < -0.3 is 4.90 Å². The molecule has 0 rings (SSSR count). The summed E-state index contributed by atoms with van der Waals surface area (Å²) in [5.41, 5.74) is 0. The van der Waals surface area contributed by atoms with E-state index in [-0.39, 0.29) is 0 Å². The Balaban J connectivity index is 3.98. The molecule has 0 radical (unpaired) electrons. The number of unbranched alkanes of at least 4 members (excludes halogenated alkanes) is 8. The van der Waals surface area contributed by atoms with Crippen molar-refractivity contribution >= 4 is 21.8 Å². The highest BCUT2D eigenvalue weighted by atomic mass is 79.9. The third-order valence-corrected chi connectivity index (χ3v) is 4.50. The molecule has 3 heteroatoms. The van der Waals surface area contributed by atoms with Gasteiger partial charge in [-0.15, -0.1) is 0 Å². The molecule has 0 aliphatic rings. The molecule has 2 nitrogen and oxygen atoms in total. The molecule has 0 aromatic rings. The van der Waals surface area contributed by atoms with Crippen molar-refractivity contribution < 1.29 is 4.79 Å². The van der Waals surface area contributed by atoms with Gasteiger partial charge in [-0.2, -0.15) is 0 Å². The monoisotopic (exact) mass is 361 g/mol. The summed E-state index contributed by atoms with van der Waals surface area (Å²) in [7, 11) is 0. The first-order chi connectivity index (χ1) is 10.3. The molecule has 0 saturated carbocycles. The van der Waals surface area contributed by atoms with Crippen LogP contribution in [0.3, 0.4) is 0 Å². The molecule has 0 saturated heterocycles. The molecule has 0 fully saturated rings. The Morgan fingerprint density at radius 3 is 1.76 bits per heavy atom. The number of hydrogen-bond donors (Lipinski definition) is 0. The Hall–Kier alpha value is -0.0500. The van der Waals surface area contributed by atoms with Gasteiger partial charge in [0.05, 0.1) is 0 Å². The molecule has 0 aromatic carbocycles. The topological polar surface area (TPSA) is 20.3 Å². The second-order valence-electron chi connectivity index (χ2n) is 6.00. The van der Waals surface area contributed by atoms with Crippen LogP contribution in [0.4, 0.5) is 0 Å². The number of alkyl halides is 1. The van der Waals surface area contributed by atoms with Crippen LogP contribution in [0.1, 0.15) is 90.9 Å². The maximum atomic E-state index is 12.3. The minimum atomic E-state index is 0.387. The Morgan fingerprint density at radius 1 is 0.762 bits per heavy atom. The van der Waals surface area contributed by atoms with Crippen molar-refractivity contribution in [1.29, 1.82) is 0 Å². The number of rotatable bonds is 15. The fourth-order valence-corrected chi connectivity index (χ4v) is 2.92. The molecule has 126 valence electrons. The molecule has 1 amide bonds. The minimum absolute atomic E-state index is 0.387. The second kappa shape index (κ2) is 16.3. The predicted molar refractivity (Wildman–Crippen MR) is 97.1 cm³/mol. The molecule has 0 aromatic heterocycles. The average Bonchev–Trinajstić information content (AvgIpc) is 2.49. The highest BCUT2D eigenvalue weighted by Gasteiger charge is 2.12. The average molecular weight is 362 g/mol. The number of carbonyl (C=O) groups excluding carboxylic acids is 1. The zero-order chi connectivity index (χ0) is 15.8. The standard InChI is InChI=1S/C18H36BrNO/c1-3-5-7-12-16-20(17-13-8-6-4-2)18(21)14-10-9-11-15-19/h3-17H2,1-2H3. The first kappa shape index (κ1) is 20.9. The first-order valence-corrected chi connectivity index (χ1v) is 10.2. The smallest absolute Gasteiger partial charge is 0.222 e. The van der Waals surface area contributed by atoms with Crippen LogP contribution in [0.5, 0.6) is 0 Å². The molecule has 21 heavy (non-hydrogen) atoms.